The van der Waals surface area contributed by atoms with E-state index < -0.39 is 0 Å². The number of hydrogen-bond acceptors (Lipinski definition) is 4. The van der Waals surface area contributed by atoms with Crippen molar-refractivity contribution in [2.24, 2.45) is 0 Å². The van der Waals surface area contributed by atoms with Crippen molar-refractivity contribution in [2.45, 2.75) is 20.4 Å². The van der Waals surface area contributed by atoms with E-state index in [4.69, 9.17) is 0 Å². The van der Waals surface area contributed by atoms with E-state index in [0.717, 1.165) is 22.0 Å². The van der Waals surface area contributed by atoms with Gasteiger partial charge in [-0.05, 0) is 31.6 Å². The van der Waals surface area contributed by atoms with Crippen molar-refractivity contribution >= 4 is 29.0 Å². The van der Waals surface area contributed by atoms with Crippen molar-refractivity contribution in [3.8, 4) is 0 Å². The van der Waals surface area contributed by atoms with E-state index in [1.54, 1.807) is 17.4 Å². The van der Waals surface area contributed by atoms with Gasteiger partial charge in [0.1, 0.15) is 5.65 Å². The van der Waals surface area contributed by atoms with Crippen molar-refractivity contribution in [3.63, 3.8) is 0 Å². The standard InChI is InChI=1S/C16H16N4OS/c1-11-3-5-15-19-14(9-20(15)8-11)7-17-16(21)6-4-13-10-22-12(2)18-13/h3-6,8-10H,7H2,1-2H3,(H,17,21)/b6-4-. The summed E-state index contributed by atoms with van der Waals surface area (Å²) in [5.74, 6) is -0.154. The molecule has 6 heteroatoms. The molecule has 22 heavy (non-hydrogen) atoms. The minimum absolute atomic E-state index is 0.154. The lowest BCUT2D eigenvalue weighted by atomic mass is 10.3. The fourth-order valence-corrected chi connectivity index (χ4v) is 2.68. The molecule has 0 fully saturated rings. The summed E-state index contributed by atoms with van der Waals surface area (Å²) in [5, 5.41) is 5.73. The fraction of sp³-hybridized carbons (Fsp3) is 0.188. The van der Waals surface area contributed by atoms with Gasteiger partial charge in [0.25, 0.3) is 0 Å². The maximum atomic E-state index is 11.8. The van der Waals surface area contributed by atoms with E-state index in [9.17, 15) is 4.79 Å². The Labute approximate surface area is 132 Å². The van der Waals surface area contributed by atoms with Gasteiger partial charge in [0, 0.05) is 23.8 Å². The van der Waals surface area contributed by atoms with Gasteiger partial charge in [0.05, 0.1) is 22.9 Å². The van der Waals surface area contributed by atoms with Gasteiger partial charge in [-0.3, -0.25) is 4.79 Å². The highest BCUT2D eigenvalue weighted by atomic mass is 32.1. The first-order valence-electron chi connectivity index (χ1n) is 6.92. The van der Waals surface area contributed by atoms with E-state index >= 15 is 0 Å². The van der Waals surface area contributed by atoms with Gasteiger partial charge in [0.15, 0.2) is 0 Å². The SMILES string of the molecule is Cc1ccc2nc(CNC(=O)/C=C\c3csc(C)n3)cn2c1. The molecule has 0 aliphatic rings. The van der Waals surface area contributed by atoms with Crippen LogP contribution in [0.15, 0.2) is 36.0 Å². The molecule has 0 unspecified atom stereocenters. The van der Waals surface area contributed by atoms with Crippen LogP contribution in [0.25, 0.3) is 11.7 Å². The van der Waals surface area contributed by atoms with E-state index in [1.165, 1.54) is 11.6 Å². The van der Waals surface area contributed by atoms with E-state index in [-0.39, 0.29) is 5.91 Å². The highest BCUT2D eigenvalue weighted by Crippen LogP contribution is 2.09. The average molecular weight is 312 g/mol. The molecule has 0 aromatic carbocycles. The van der Waals surface area contributed by atoms with Crippen LogP contribution in [0.1, 0.15) is 22.0 Å². The predicted octanol–water partition coefficient (Wildman–Crippen LogP) is 2.74. The molecule has 3 aromatic rings. The number of hydrogen-bond donors (Lipinski definition) is 1. The summed E-state index contributed by atoms with van der Waals surface area (Å²) in [5.41, 5.74) is 3.68. The zero-order valence-electron chi connectivity index (χ0n) is 12.4. The van der Waals surface area contributed by atoms with Crippen LogP contribution in [-0.4, -0.2) is 20.3 Å². The molecule has 0 saturated heterocycles. The molecule has 0 aliphatic heterocycles. The van der Waals surface area contributed by atoms with Crippen LogP contribution >= 0.6 is 11.3 Å². The molecule has 0 spiro atoms. The molecule has 3 aromatic heterocycles. The number of nitrogens with one attached hydrogen (secondary N) is 1. The number of nitrogens with zero attached hydrogens (tertiary/aromatic N) is 3. The summed E-state index contributed by atoms with van der Waals surface area (Å²) >= 11 is 1.56. The quantitative estimate of drug-likeness (QED) is 0.754. The lowest BCUT2D eigenvalue weighted by Gasteiger charge is -1.97. The zero-order chi connectivity index (χ0) is 15.5. The third-order valence-corrected chi connectivity index (χ3v) is 3.93. The van der Waals surface area contributed by atoms with Gasteiger partial charge in [-0.2, -0.15) is 0 Å². The Kier molecular flexibility index (Phi) is 4.02. The Morgan fingerprint density at radius 1 is 1.32 bits per heavy atom. The van der Waals surface area contributed by atoms with Crippen molar-refractivity contribution in [1.82, 2.24) is 19.7 Å². The number of fused-ring (bicyclic) bond motifs is 1. The second kappa shape index (κ2) is 6.11. The van der Waals surface area contributed by atoms with E-state index in [0.29, 0.717) is 6.54 Å². The number of aryl methyl sites for hydroxylation is 2. The van der Waals surface area contributed by atoms with Crippen LogP contribution < -0.4 is 5.32 Å². The van der Waals surface area contributed by atoms with Crippen molar-refractivity contribution < 1.29 is 4.79 Å². The lowest BCUT2D eigenvalue weighted by Crippen LogP contribution is -2.20. The summed E-state index contributed by atoms with van der Waals surface area (Å²) in [4.78, 5) is 20.5. The van der Waals surface area contributed by atoms with Crippen LogP contribution in [-0.2, 0) is 11.3 Å². The first-order chi connectivity index (χ1) is 10.6. The smallest absolute Gasteiger partial charge is 0.244 e. The highest BCUT2D eigenvalue weighted by Gasteiger charge is 2.03. The molecule has 1 N–H and O–H groups in total. The van der Waals surface area contributed by atoms with Crippen LogP contribution in [0.2, 0.25) is 0 Å². The van der Waals surface area contributed by atoms with Crippen LogP contribution in [0.4, 0.5) is 0 Å². The Bertz CT molecular complexity index is 847. The zero-order valence-corrected chi connectivity index (χ0v) is 13.2. The van der Waals surface area contributed by atoms with Crippen LogP contribution in [0, 0.1) is 13.8 Å². The maximum absolute atomic E-state index is 11.8. The first-order valence-corrected chi connectivity index (χ1v) is 7.80. The molecule has 3 heterocycles. The minimum Gasteiger partial charge on any atom is -0.347 e. The van der Waals surface area contributed by atoms with Crippen molar-refractivity contribution in [1.29, 1.82) is 0 Å². The molecule has 3 rings (SSSR count). The Hall–Kier alpha value is -2.47. The second-order valence-corrected chi connectivity index (χ2v) is 6.11. The molecule has 0 aliphatic carbocycles. The third kappa shape index (κ3) is 3.40. The van der Waals surface area contributed by atoms with Gasteiger partial charge in [0.2, 0.25) is 5.91 Å². The number of aromatic nitrogens is 3. The van der Waals surface area contributed by atoms with Crippen molar-refractivity contribution in [2.75, 3.05) is 0 Å². The van der Waals surface area contributed by atoms with Crippen molar-refractivity contribution in [3.05, 3.63) is 57.9 Å². The maximum Gasteiger partial charge on any atom is 0.244 e. The van der Waals surface area contributed by atoms with E-state index in [1.807, 2.05) is 48.2 Å². The third-order valence-electron chi connectivity index (χ3n) is 3.13. The average Bonchev–Trinajstić information content (AvgIpc) is 3.08. The molecule has 1 amide bonds. The van der Waals surface area contributed by atoms with E-state index in [2.05, 4.69) is 15.3 Å². The number of thiazole rings is 1. The minimum atomic E-state index is -0.154. The monoisotopic (exact) mass is 312 g/mol. The highest BCUT2D eigenvalue weighted by molar-refractivity contribution is 7.09. The second-order valence-electron chi connectivity index (χ2n) is 5.05. The number of carbonyl (C=O) groups excluding carboxylic acids is 1. The van der Waals surface area contributed by atoms with Gasteiger partial charge >= 0.3 is 0 Å². The molecule has 5 nitrogen and oxygen atoms in total. The number of carbonyl (C=O) groups is 1. The summed E-state index contributed by atoms with van der Waals surface area (Å²) < 4.78 is 1.96. The Morgan fingerprint density at radius 2 is 2.18 bits per heavy atom. The molecule has 0 bridgehead atoms. The van der Waals surface area contributed by atoms with Gasteiger partial charge in [-0.15, -0.1) is 11.3 Å². The number of rotatable bonds is 4. The van der Waals surface area contributed by atoms with Crippen LogP contribution in [0.3, 0.4) is 0 Å². The molecule has 0 atom stereocenters. The fourth-order valence-electron chi connectivity index (χ4n) is 2.10. The number of amides is 1. The molecular formula is C16H16N4OS. The normalized spacial score (nSPS) is 11.4. The summed E-state index contributed by atoms with van der Waals surface area (Å²) in [7, 11) is 0. The summed E-state index contributed by atoms with van der Waals surface area (Å²) in [6.07, 6.45) is 7.15. The summed E-state index contributed by atoms with van der Waals surface area (Å²) in [6.45, 7) is 4.37. The van der Waals surface area contributed by atoms with Gasteiger partial charge in [-0.25, -0.2) is 9.97 Å². The van der Waals surface area contributed by atoms with Gasteiger partial charge < -0.3 is 9.72 Å². The molecule has 112 valence electrons. The molecular weight excluding hydrogens is 296 g/mol. The number of pyridine rings is 1. The lowest BCUT2D eigenvalue weighted by molar-refractivity contribution is -0.116. The van der Waals surface area contributed by atoms with Crippen LogP contribution in [0.5, 0.6) is 0 Å². The molecule has 0 saturated carbocycles. The Balaban J connectivity index is 1.61. The predicted molar refractivity (Wildman–Crippen MR) is 87.7 cm³/mol. The first kappa shape index (κ1) is 14.5. The largest absolute Gasteiger partial charge is 0.347 e. The summed E-state index contributed by atoms with van der Waals surface area (Å²) in [6, 6.07) is 3.98. The van der Waals surface area contributed by atoms with Gasteiger partial charge in [-0.1, -0.05) is 6.07 Å². The number of imidazole rings is 1. The molecule has 0 radical (unpaired) electrons. The topological polar surface area (TPSA) is 59.3 Å². The Morgan fingerprint density at radius 3 is 2.95 bits per heavy atom.